The maximum Gasteiger partial charge on any atom is 0.338 e. The van der Waals surface area contributed by atoms with Crippen molar-refractivity contribution in [3.8, 4) is 0 Å². The summed E-state index contributed by atoms with van der Waals surface area (Å²) in [7, 11) is 0. The summed E-state index contributed by atoms with van der Waals surface area (Å²) >= 11 is 5.28. The van der Waals surface area contributed by atoms with Crippen LogP contribution in [0.1, 0.15) is 69.2 Å². The first-order valence-electron chi connectivity index (χ1n) is 8.99. The van der Waals surface area contributed by atoms with Gasteiger partial charge in [-0.15, -0.1) is 0 Å². The highest BCUT2D eigenvalue weighted by atomic mass is 32.1. The molecule has 0 aliphatic carbocycles. The van der Waals surface area contributed by atoms with Crippen LogP contribution in [0.15, 0.2) is 24.3 Å². The Kier molecular flexibility index (Phi) is 10.9. The third-order valence-electron chi connectivity index (χ3n) is 3.72. The molecule has 0 saturated heterocycles. The SMILES string of the molecule is CCCCCCCCCNC(=S)Nc1ccc(C(=O)OCC)cc1. The van der Waals surface area contributed by atoms with Gasteiger partial charge in [-0.1, -0.05) is 45.4 Å². The van der Waals surface area contributed by atoms with Crippen molar-refractivity contribution in [2.75, 3.05) is 18.5 Å². The zero-order valence-electron chi connectivity index (χ0n) is 14.9. The third kappa shape index (κ3) is 8.87. The lowest BCUT2D eigenvalue weighted by Gasteiger charge is -2.11. The fourth-order valence-corrected chi connectivity index (χ4v) is 2.58. The highest BCUT2D eigenvalue weighted by Gasteiger charge is 2.05. The van der Waals surface area contributed by atoms with E-state index in [-0.39, 0.29) is 5.97 Å². The van der Waals surface area contributed by atoms with Crippen molar-refractivity contribution < 1.29 is 9.53 Å². The molecule has 0 amide bonds. The summed E-state index contributed by atoms with van der Waals surface area (Å²) in [6, 6.07) is 7.13. The number of nitrogens with one attached hydrogen (secondary N) is 2. The van der Waals surface area contributed by atoms with Gasteiger partial charge < -0.3 is 15.4 Å². The minimum Gasteiger partial charge on any atom is -0.462 e. The lowest BCUT2D eigenvalue weighted by molar-refractivity contribution is 0.0526. The van der Waals surface area contributed by atoms with Crippen LogP contribution in [-0.4, -0.2) is 24.2 Å². The van der Waals surface area contributed by atoms with Gasteiger partial charge in [0, 0.05) is 12.2 Å². The number of carbonyl (C=O) groups excluding carboxylic acids is 1. The summed E-state index contributed by atoms with van der Waals surface area (Å²) in [6.45, 7) is 5.30. The molecule has 0 radical (unpaired) electrons. The quantitative estimate of drug-likeness (QED) is 0.338. The lowest BCUT2D eigenvalue weighted by Crippen LogP contribution is -2.29. The number of thiocarbonyl (C=S) groups is 1. The standard InChI is InChI=1S/C19H30N2O2S/c1-3-5-6-7-8-9-10-15-20-19(24)21-17-13-11-16(12-14-17)18(22)23-4-2/h11-14H,3-10,15H2,1-2H3,(H2,20,21,24). The third-order valence-corrected chi connectivity index (χ3v) is 3.97. The van der Waals surface area contributed by atoms with Crippen LogP contribution >= 0.6 is 12.2 Å². The number of rotatable bonds is 11. The van der Waals surface area contributed by atoms with Gasteiger partial charge in [-0.2, -0.15) is 0 Å². The molecule has 4 nitrogen and oxygen atoms in total. The van der Waals surface area contributed by atoms with Crippen molar-refractivity contribution in [3.05, 3.63) is 29.8 Å². The summed E-state index contributed by atoms with van der Waals surface area (Å²) < 4.78 is 4.96. The fourth-order valence-electron chi connectivity index (χ4n) is 2.36. The molecular formula is C19H30N2O2S. The van der Waals surface area contributed by atoms with Crippen molar-refractivity contribution in [1.82, 2.24) is 5.32 Å². The molecule has 0 aliphatic heterocycles. The van der Waals surface area contributed by atoms with Gasteiger partial charge in [0.05, 0.1) is 12.2 Å². The molecule has 1 aromatic carbocycles. The van der Waals surface area contributed by atoms with Gasteiger partial charge in [0.25, 0.3) is 0 Å². The average Bonchev–Trinajstić information content (AvgIpc) is 2.58. The minimum absolute atomic E-state index is 0.302. The molecule has 0 spiro atoms. The van der Waals surface area contributed by atoms with E-state index in [0.29, 0.717) is 17.3 Å². The molecule has 0 unspecified atom stereocenters. The van der Waals surface area contributed by atoms with E-state index in [2.05, 4.69) is 17.6 Å². The van der Waals surface area contributed by atoms with E-state index in [1.807, 2.05) is 12.1 Å². The first-order chi connectivity index (χ1) is 11.7. The van der Waals surface area contributed by atoms with E-state index in [9.17, 15) is 4.79 Å². The van der Waals surface area contributed by atoms with Crippen molar-refractivity contribution in [3.63, 3.8) is 0 Å². The Morgan fingerprint density at radius 2 is 1.62 bits per heavy atom. The minimum atomic E-state index is -0.302. The number of unbranched alkanes of at least 4 members (excludes halogenated alkanes) is 6. The number of anilines is 1. The predicted molar refractivity (Wildman–Crippen MR) is 105 cm³/mol. The van der Waals surface area contributed by atoms with Crippen LogP contribution in [0, 0.1) is 0 Å². The normalized spacial score (nSPS) is 10.2. The topological polar surface area (TPSA) is 50.4 Å². The van der Waals surface area contributed by atoms with Crippen LogP contribution in [0.3, 0.4) is 0 Å². The van der Waals surface area contributed by atoms with E-state index in [1.54, 1.807) is 19.1 Å². The fraction of sp³-hybridized carbons (Fsp3) is 0.579. The molecule has 0 aromatic heterocycles. The number of ether oxygens (including phenoxy) is 1. The first-order valence-corrected chi connectivity index (χ1v) is 9.40. The largest absolute Gasteiger partial charge is 0.462 e. The van der Waals surface area contributed by atoms with Crippen LogP contribution in [-0.2, 0) is 4.74 Å². The Labute approximate surface area is 151 Å². The number of esters is 1. The van der Waals surface area contributed by atoms with E-state index in [4.69, 9.17) is 17.0 Å². The van der Waals surface area contributed by atoms with Gasteiger partial charge in [0.2, 0.25) is 0 Å². The maximum absolute atomic E-state index is 11.6. The lowest BCUT2D eigenvalue weighted by atomic mass is 10.1. The number of hydrogen-bond acceptors (Lipinski definition) is 3. The molecule has 2 N–H and O–H groups in total. The molecule has 0 atom stereocenters. The first kappa shape index (κ1) is 20.4. The summed E-state index contributed by atoms with van der Waals surface area (Å²) in [5.74, 6) is -0.302. The predicted octanol–water partition coefficient (Wildman–Crippen LogP) is 4.90. The summed E-state index contributed by atoms with van der Waals surface area (Å²) in [6.07, 6.45) is 9.01. The average molecular weight is 351 g/mol. The smallest absolute Gasteiger partial charge is 0.338 e. The number of carbonyl (C=O) groups is 1. The van der Waals surface area contributed by atoms with Gasteiger partial charge >= 0.3 is 5.97 Å². The molecule has 1 rings (SSSR count). The van der Waals surface area contributed by atoms with E-state index < -0.39 is 0 Å². The highest BCUT2D eigenvalue weighted by molar-refractivity contribution is 7.80. The highest BCUT2D eigenvalue weighted by Crippen LogP contribution is 2.11. The Morgan fingerprint density at radius 1 is 1.00 bits per heavy atom. The van der Waals surface area contributed by atoms with Gasteiger partial charge in [-0.3, -0.25) is 0 Å². The van der Waals surface area contributed by atoms with Crippen molar-refractivity contribution >= 4 is 29.0 Å². The van der Waals surface area contributed by atoms with Crippen LogP contribution in [0.25, 0.3) is 0 Å². The second kappa shape index (κ2) is 12.8. The van der Waals surface area contributed by atoms with Gasteiger partial charge in [-0.05, 0) is 49.8 Å². The number of benzene rings is 1. The second-order valence-electron chi connectivity index (χ2n) is 5.80. The van der Waals surface area contributed by atoms with Crippen LogP contribution in [0.2, 0.25) is 0 Å². The Balaban J connectivity index is 2.17. The molecule has 0 saturated carbocycles. The van der Waals surface area contributed by atoms with Crippen LogP contribution in [0.5, 0.6) is 0 Å². The molecule has 1 aromatic rings. The second-order valence-corrected chi connectivity index (χ2v) is 6.21. The summed E-state index contributed by atoms with van der Waals surface area (Å²) in [4.78, 5) is 11.6. The molecule has 24 heavy (non-hydrogen) atoms. The van der Waals surface area contributed by atoms with Crippen molar-refractivity contribution in [1.29, 1.82) is 0 Å². The Hall–Kier alpha value is -1.62. The molecule has 0 fully saturated rings. The van der Waals surface area contributed by atoms with Gasteiger partial charge in [0.15, 0.2) is 5.11 Å². The molecule has 0 aliphatic rings. The van der Waals surface area contributed by atoms with E-state index >= 15 is 0 Å². The monoisotopic (exact) mass is 350 g/mol. The molecule has 0 bridgehead atoms. The van der Waals surface area contributed by atoms with Gasteiger partial charge in [0.1, 0.15) is 0 Å². The summed E-state index contributed by atoms with van der Waals surface area (Å²) in [5, 5.41) is 6.96. The van der Waals surface area contributed by atoms with Crippen LogP contribution in [0.4, 0.5) is 5.69 Å². The Bertz CT molecular complexity index is 489. The molecular weight excluding hydrogens is 320 g/mol. The zero-order valence-corrected chi connectivity index (χ0v) is 15.7. The van der Waals surface area contributed by atoms with Crippen LogP contribution < -0.4 is 10.6 Å². The summed E-state index contributed by atoms with van der Waals surface area (Å²) in [5.41, 5.74) is 1.41. The Morgan fingerprint density at radius 3 is 2.25 bits per heavy atom. The number of hydrogen-bond donors (Lipinski definition) is 2. The van der Waals surface area contributed by atoms with Gasteiger partial charge in [-0.25, -0.2) is 4.79 Å². The van der Waals surface area contributed by atoms with E-state index in [1.165, 1.54) is 38.5 Å². The molecule has 0 heterocycles. The molecule has 5 heteroatoms. The van der Waals surface area contributed by atoms with E-state index in [0.717, 1.165) is 18.7 Å². The van der Waals surface area contributed by atoms with Crippen molar-refractivity contribution in [2.45, 2.75) is 58.8 Å². The zero-order chi connectivity index (χ0) is 17.6. The maximum atomic E-state index is 11.6. The van der Waals surface area contributed by atoms with Crippen molar-refractivity contribution in [2.24, 2.45) is 0 Å². The molecule has 134 valence electrons.